The molecule has 19 heavy (non-hydrogen) atoms. The van der Waals surface area contributed by atoms with Crippen LogP contribution >= 0.6 is 0 Å². The molecule has 0 fully saturated rings. The van der Waals surface area contributed by atoms with E-state index in [2.05, 4.69) is 17.6 Å². The van der Waals surface area contributed by atoms with E-state index < -0.39 is 17.7 Å². The molecular weight excluding hydrogens is 250 g/mol. The first-order valence-corrected chi connectivity index (χ1v) is 6.54. The summed E-state index contributed by atoms with van der Waals surface area (Å²) in [6, 6.07) is 2.90. The second kappa shape index (κ2) is 7.71. The number of carbonyl (C=O) groups excluding carboxylic acids is 1. The predicted octanol–water partition coefficient (Wildman–Crippen LogP) is 3.07. The highest BCUT2D eigenvalue weighted by Crippen LogP contribution is 2.18. The van der Waals surface area contributed by atoms with Gasteiger partial charge in [-0.1, -0.05) is 25.8 Å². The van der Waals surface area contributed by atoms with E-state index in [-0.39, 0.29) is 11.6 Å². The first kappa shape index (κ1) is 15.4. The minimum Gasteiger partial charge on any atom is -0.369 e. The van der Waals surface area contributed by atoms with Gasteiger partial charge in [-0.25, -0.2) is 8.78 Å². The van der Waals surface area contributed by atoms with Crippen molar-refractivity contribution < 1.29 is 13.6 Å². The van der Waals surface area contributed by atoms with Crippen LogP contribution in [0.1, 0.15) is 33.1 Å². The van der Waals surface area contributed by atoms with Gasteiger partial charge in [-0.15, -0.1) is 0 Å². The number of amides is 1. The third-order valence-electron chi connectivity index (χ3n) is 2.80. The number of rotatable bonds is 7. The third kappa shape index (κ3) is 4.85. The van der Waals surface area contributed by atoms with Crippen LogP contribution in [0, 0.1) is 11.6 Å². The van der Waals surface area contributed by atoms with Gasteiger partial charge in [0.25, 0.3) is 0 Å². The lowest BCUT2D eigenvalue weighted by Gasteiger charge is -2.16. The van der Waals surface area contributed by atoms with Crippen LogP contribution in [-0.4, -0.2) is 18.5 Å². The number of unbranched alkanes of at least 4 members (excludes halogenated alkanes) is 2. The average Bonchev–Trinajstić information content (AvgIpc) is 2.38. The van der Waals surface area contributed by atoms with Gasteiger partial charge < -0.3 is 10.6 Å². The van der Waals surface area contributed by atoms with Crippen molar-refractivity contribution in [2.45, 2.75) is 39.2 Å². The number of benzene rings is 1. The largest absolute Gasteiger partial charge is 0.369 e. The van der Waals surface area contributed by atoms with Gasteiger partial charge in [-0.3, -0.25) is 4.79 Å². The van der Waals surface area contributed by atoms with Crippen LogP contribution in [-0.2, 0) is 4.79 Å². The highest BCUT2D eigenvalue weighted by Gasteiger charge is 2.16. The summed E-state index contributed by atoms with van der Waals surface area (Å²) in [5.74, 6) is -1.67. The van der Waals surface area contributed by atoms with E-state index in [9.17, 15) is 13.6 Å². The molecule has 1 amide bonds. The van der Waals surface area contributed by atoms with Crippen molar-refractivity contribution in [1.82, 2.24) is 5.32 Å². The highest BCUT2D eigenvalue weighted by atomic mass is 19.1. The van der Waals surface area contributed by atoms with Crippen LogP contribution in [0.2, 0.25) is 0 Å². The van der Waals surface area contributed by atoms with Crippen molar-refractivity contribution >= 4 is 11.6 Å². The molecule has 106 valence electrons. The number of anilines is 1. The summed E-state index contributed by atoms with van der Waals surface area (Å²) < 4.78 is 26.8. The van der Waals surface area contributed by atoms with Gasteiger partial charge in [0.1, 0.15) is 23.4 Å². The smallest absolute Gasteiger partial charge is 0.242 e. The quantitative estimate of drug-likeness (QED) is 0.748. The van der Waals surface area contributed by atoms with Crippen LogP contribution in [0.3, 0.4) is 0 Å². The second-order valence-corrected chi connectivity index (χ2v) is 4.46. The van der Waals surface area contributed by atoms with Crippen molar-refractivity contribution in [3.8, 4) is 0 Å². The van der Waals surface area contributed by atoms with Crippen molar-refractivity contribution in [2.24, 2.45) is 0 Å². The molecular formula is C14H20F2N2O. The maximum Gasteiger partial charge on any atom is 0.242 e. The molecule has 0 saturated carbocycles. The monoisotopic (exact) mass is 270 g/mol. The van der Waals surface area contributed by atoms with Gasteiger partial charge >= 0.3 is 0 Å². The number of hydrogen-bond acceptors (Lipinski definition) is 2. The third-order valence-corrected chi connectivity index (χ3v) is 2.80. The lowest BCUT2D eigenvalue weighted by Crippen LogP contribution is -2.38. The molecule has 5 heteroatoms. The molecule has 0 bridgehead atoms. The fraction of sp³-hybridized carbons (Fsp3) is 0.500. The summed E-state index contributed by atoms with van der Waals surface area (Å²) in [6.07, 6.45) is 3.02. The molecule has 1 unspecified atom stereocenters. The standard InChI is InChI=1S/C14H20F2N2O/c1-3-4-5-9-17-14(19)10(2)18-13-11(15)7-6-8-12(13)16/h6-8,10,18H,3-5,9H2,1-2H3,(H,17,19). The normalized spacial score (nSPS) is 12.0. The zero-order valence-electron chi connectivity index (χ0n) is 11.3. The van der Waals surface area contributed by atoms with Crippen LogP contribution in [0.25, 0.3) is 0 Å². The number of para-hydroxylation sites is 1. The molecule has 0 heterocycles. The van der Waals surface area contributed by atoms with Crippen molar-refractivity contribution in [3.05, 3.63) is 29.8 Å². The summed E-state index contributed by atoms with van der Waals surface area (Å²) >= 11 is 0. The molecule has 0 saturated heterocycles. The maximum absolute atomic E-state index is 13.4. The molecule has 0 aliphatic heterocycles. The Balaban J connectivity index is 2.50. The molecule has 0 aliphatic rings. The molecule has 0 aliphatic carbocycles. The Morgan fingerprint density at radius 1 is 1.26 bits per heavy atom. The lowest BCUT2D eigenvalue weighted by molar-refractivity contribution is -0.121. The summed E-state index contributed by atoms with van der Waals surface area (Å²) in [6.45, 7) is 4.23. The molecule has 3 nitrogen and oxygen atoms in total. The Morgan fingerprint density at radius 2 is 1.89 bits per heavy atom. The molecule has 0 radical (unpaired) electrons. The topological polar surface area (TPSA) is 41.1 Å². The first-order valence-electron chi connectivity index (χ1n) is 6.54. The fourth-order valence-electron chi connectivity index (χ4n) is 1.66. The van der Waals surface area contributed by atoms with E-state index in [0.29, 0.717) is 6.54 Å². The summed E-state index contributed by atoms with van der Waals surface area (Å²) in [7, 11) is 0. The van der Waals surface area contributed by atoms with E-state index in [1.807, 2.05) is 0 Å². The first-order chi connectivity index (χ1) is 9.06. The highest BCUT2D eigenvalue weighted by molar-refractivity contribution is 5.84. The zero-order valence-corrected chi connectivity index (χ0v) is 11.3. The second-order valence-electron chi connectivity index (χ2n) is 4.46. The van der Waals surface area contributed by atoms with Crippen molar-refractivity contribution in [2.75, 3.05) is 11.9 Å². The van der Waals surface area contributed by atoms with Crippen molar-refractivity contribution in [3.63, 3.8) is 0 Å². The Bertz CT molecular complexity index is 404. The number of nitrogens with one attached hydrogen (secondary N) is 2. The Hall–Kier alpha value is -1.65. The molecule has 1 atom stereocenters. The van der Waals surface area contributed by atoms with E-state index >= 15 is 0 Å². The molecule has 2 N–H and O–H groups in total. The van der Waals surface area contributed by atoms with Gasteiger partial charge in [-0.05, 0) is 25.5 Å². The molecule has 0 spiro atoms. The maximum atomic E-state index is 13.4. The van der Waals surface area contributed by atoms with Gasteiger partial charge in [-0.2, -0.15) is 0 Å². The van der Waals surface area contributed by atoms with E-state index in [0.717, 1.165) is 31.4 Å². The summed E-state index contributed by atoms with van der Waals surface area (Å²) in [4.78, 5) is 11.7. The number of carbonyl (C=O) groups is 1. The Kier molecular flexibility index (Phi) is 6.25. The van der Waals surface area contributed by atoms with Gasteiger partial charge in [0.2, 0.25) is 5.91 Å². The van der Waals surface area contributed by atoms with Crippen LogP contribution in [0.4, 0.5) is 14.5 Å². The van der Waals surface area contributed by atoms with E-state index in [4.69, 9.17) is 0 Å². The SMILES string of the molecule is CCCCCNC(=O)C(C)Nc1c(F)cccc1F. The van der Waals surface area contributed by atoms with E-state index in [1.165, 1.54) is 6.07 Å². The van der Waals surface area contributed by atoms with Crippen molar-refractivity contribution in [1.29, 1.82) is 0 Å². The lowest BCUT2D eigenvalue weighted by atomic mass is 10.2. The summed E-state index contributed by atoms with van der Waals surface area (Å²) in [5, 5.41) is 5.29. The van der Waals surface area contributed by atoms with Gasteiger partial charge in [0.15, 0.2) is 0 Å². The van der Waals surface area contributed by atoms with Crippen LogP contribution in [0.15, 0.2) is 18.2 Å². The molecule has 1 aromatic carbocycles. The number of hydrogen-bond donors (Lipinski definition) is 2. The van der Waals surface area contributed by atoms with Crippen LogP contribution < -0.4 is 10.6 Å². The Labute approximate surface area is 112 Å². The molecule has 1 rings (SSSR count). The zero-order chi connectivity index (χ0) is 14.3. The van der Waals surface area contributed by atoms with Gasteiger partial charge in [0.05, 0.1) is 0 Å². The Morgan fingerprint density at radius 3 is 2.47 bits per heavy atom. The minimum absolute atomic E-state index is 0.265. The number of halogens is 2. The minimum atomic E-state index is -0.703. The fourth-order valence-corrected chi connectivity index (χ4v) is 1.66. The van der Waals surface area contributed by atoms with Crippen LogP contribution in [0.5, 0.6) is 0 Å². The molecule has 0 aromatic heterocycles. The summed E-state index contributed by atoms with van der Waals surface area (Å²) in [5.41, 5.74) is -0.265. The van der Waals surface area contributed by atoms with E-state index in [1.54, 1.807) is 6.92 Å². The van der Waals surface area contributed by atoms with Gasteiger partial charge in [0, 0.05) is 6.54 Å². The molecule has 1 aromatic rings. The average molecular weight is 270 g/mol. The predicted molar refractivity (Wildman–Crippen MR) is 72.0 cm³/mol.